The van der Waals surface area contributed by atoms with Crippen LogP contribution in [0.5, 0.6) is 0 Å². The number of aromatic nitrogens is 1. The van der Waals surface area contributed by atoms with Gasteiger partial charge in [0.2, 0.25) is 0 Å². The van der Waals surface area contributed by atoms with Crippen LogP contribution in [0.15, 0.2) is 12.1 Å². The van der Waals surface area contributed by atoms with Crippen LogP contribution in [0, 0.1) is 6.92 Å². The Balaban J connectivity index is 2.30. The molecule has 0 bridgehead atoms. The van der Waals surface area contributed by atoms with E-state index < -0.39 is 0 Å². The second kappa shape index (κ2) is 4.19. The predicted octanol–water partition coefficient (Wildman–Crippen LogP) is 1.53. The van der Waals surface area contributed by atoms with Crippen LogP contribution in [-0.4, -0.2) is 32.2 Å². The van der Waals surface area contributed by atoms with Gasteiger partial charge in [-0.2, -0.15) is 0 Å². The number of pyridine rings is 1. The SMILES string of the molecule is Cc1cc(N(C)C)cc([C@@H]2CCNC2)n1. The van der Waals surface area contributed by atoms with Crippen molar-refractivity contribution < 1.29 is 0 Å². The summed E-state index contributed by atoms with van der Waals surface area (Å²) in [7, 11) is 4.15. The van der Waals surface area contributed by atoms with Crippen molar-refractivity contribution in [3.05, 3.63) is 23.5 Å². The number of aryl methyl sites for hydroxylation is 1. The van der Waals surface area contributed by atoms with Crippen LogP contribution in [0.25, 0.3) is 0 Å². The van der Waals surface area contributed by atoms with Crippen molar-refractivity contribution in [1.29, 1.82) is 0 Å². The molecule has 3 heteroatoms. The molecule has 15 heavy (non-hydrogen) atoms. The van der Waals surface area contributed by atoms with E-state index in [0.717, 1.165) is 18.8 Å². The molecule has 1 aliphatic heterocycles. The number of anilines is 1. The minimum atomic E-state index is 0.601. The van der Waals surface area contributed by atoms with Crippen molar-refractivity contribution in [1.82, 2.24) is 10.3 Å². The number of hydrogen-bond donors (Lipinski definition) is 1. The molecule has 2 heterocycles. The van der Waals surface area contributed by atoms with Crippen LogP contribution in [0.1, 0.15) is 23.7 Å². The zero-order valence-corrected chi connectivity index (χ0v) is 9.75. The van der Waals surface area contributed by atoms with Crippen molar-refractivity contribution in [3.63, 3.8) is 0 Å². The first-order valence-electron chi connectivity index (χ1n) is 5.53. The van der Waals surface area contributed by atoms with Gasteiger partial charge >= 0.3 is 0 Å². The van der Waals surface area contributed by atoms with E-state index in [9.17, 15) is 0 Å². The molecule has 1 aliphatic rings. The Labute approximate surface area is 91.5 Å². The third kappa shape index (κ3) is 2.29. The van der Waals surface area contributed by atoms with Gasteiger partial charge in [-0.3, -0.25) is 4.98 Å². The van der Waals surface area contributed by atoms with Crippen LogP contribution in [-0.2, 0) is 0 Å². The van der Waals surface area contributed by atoms with Gasteiger partial charge in [0, 0.05) is 43.6 Å². The molecular weight excluding hydrogens is 186 g/mol. The molecule has 1 N–H and O–H groups in total. The Bertz CT molecular complexity index is 341. The first-order valence-corrected chi connectivity index (χ1v) is 5.53. The molecule has 0 aliphatic carbocycles. The minimum absolute atomic E-state index is 0.601. The molecule has 1 saturated heterocycles. The highest BCUT2D eigenvalue weighted by molar-refractivity contribution is 5.47. The first kappa shape index (κ1) is 10.4. The predicted molar refractivity (Wildman–Crippen MR) is 63.5 cm³/mol. The van der Waals surface area contributed by atoms with Gasteiger partial charge in [-0.1, -0.05) is 0 Å². The van der Waals surface area contributed by atoms with E-state index in [1.165, 1.54) is 17.8 Å². The van der Waals surface area contributed by atoms with Crippen LogP contribution in [0.4, 0.5) is 5.69 Å². The Morgan fingerprint density at radius 2 is 2.20 bits per heavy atom. The third-order valence-corrected chi connectivity index (χ3v) is 2.95. The summed E-state index contributed by atoms with van der Waals surface area (Å²) >= 11 is 0. The summed E-state index contributed by atoms with van der Waals surface area (Å²) in [5, 5.41) is 3.39. The standard InChI is InChI=1S/C12H19N3/c1-9-6-11(15(2)3)7-12(14-9)10-4-5-13-8-10/h6-7,10,13H,4-5,8H2,1-3H3/t10-/m1/s1. The highest BCUT2D eigenvalue weighted by Crippen LogP contribution is 2.24. The van der Waals surface area contributed by atoms with E-state index in [2.05, 4.69) is 48.4 Å². The summed E-state index contributed by atoms with van der Waals surface area (Å²) in [5.41, 5.74) is 3.61. The Morgan fingerprint density at radius 1 is 1.40 bits per heavy atom. The molecule has 0 saturated carbocycles. The van der Waals surface area contributed by atoms with Crippen molar-refractivity contribution in [2.75, 3.05) is 32.1 Å². The lowest BCUT2D eigenvalue weighted by atomic mass is 10.0. The van der Waals surface area contributed by atoms with Crippen molar-refractivity contribution >= 4 is 5.69 Å². The van der Waals surface area contributed by atoms with Gasteiger partial charge in [0.05, 0.1) is 0 Å². The lowest BCUT2D eigenvalue weighted by molar-refractivity contribution is 0.730. The summed E-state index contributed by atoms with van der Waals surface area (Å²) in [6.45, 7) is 4.26. The molecule has 1 atom stereocenters. The van der Waals surface area contributed by atoms with Gasteiger partial charge in [-0.25, -0.2) is 0 Å². The molecule has 1 aromatic rings. The number of nitrogens with zero attached hydrogens (tertiary/aromatic N) is 2. The average molecular weight is 205 g/mol. The summed E-state index contributed by atoms with van der Waals surface area (Å²) in [6.07, 6.45) is 1.21. The van der Waals surface area contributed by atoms with Gasteiger partial charge in [0.25, 0.3) is 0 Å². The highest BCUT2D eigenvalue weighted by Gasteiger charge is 2.18. The Kier molecular flexibility index (Phi) is 2.91. The largest absolute Gasteiger partial charge is 0.378 e. The zero-order chi connectivity index (χ0) is 10.8. The fraction of sp³-hybridized carbons (Fsp3) is 0.583. The zero-order valence-electron chi connectivity index (χ0n) is 9.75. The third-order valence-electron chi connectivity index (χ3n) is 2.95. The molecule has 0 spiro atoms. The molecule has 2 rings (SSSR count). The van der Waals surface area contributed by atoms with Gasteiger partial charge < -0.3 is 10.2 Å². The molecule has 1 aromatic heterocycles. The second-order valence-electron chi connectivity index (χ2n) is 4.48. The van der Waals surface area contributed by atoms with Crippen LogP contribution in [0.3, 0.4) is 0 Å². The Hall–Kier alpha value is -1.09. The molecule has 3 nitrogen and oxygen atoms in total. The van der Waals surface area contributed by atoms with E-state index in [0.29, 0.717) is 5.92 Å². The first-order chi connectivity index (χ1) is 7.16. The molecule has 0 unspecified atom stereocenters. The summed E-state index contributed by atoms with van der Waals surface area (Å²) in [4.78, 5) is 6.77. The molecule has 0 amide bonds. The van der Waals surface area contributed by atoms with Crippen molar-refractivity contribution in [2.45, 2.75) is 19.3 Å². The number of hydrogen-bond acceptors (Lipinski definition) is 3. The van der Waals surface area contributed by atoms with Crippen molar-refractivity contribution in [3.8, 4) is 0 Å². The number of nitrogens with one attached hydrogen (secondary N) is 1. The molecular formula is C12H19N3. The molecule has 1 fully saturated rings. The maximum absolute atomic E-state index is 4.63. The van der Waals surface area contributed by atoms with E-state index in [1.807, 2.05) is 0 Å². The lowest BCUT2D eigenvalue weighted by Gasteiger charge is -2.16. The van der Waals surface area contributed by atoms with Crippen molar-refractivity contribution in [2.24, 2.45) is 0 Å². The quantitative estimate of drug-likeness (QED) is 0.793. The highest BCUT2D eigenvalue weighted by atomic mass is 15.1. The summed E-state index contributed by atoms with van der Waals surface area (Å²) in [5.74, 6) is 0.601. The fourth-order valence-corrected chi connectivity index (χ4v) is 2.05. The summed E-state index contributed by atoms with van der Waals surface area (Å²) in [6, 6.07) is 4.34. The van der Waals surface area contributed by atoms with Gasteiger partial charge in [0.15, 0.2) is 0 Å². The van der Waals surface area contributed by atoms with Crippen LogP contribution >= 0.6 is 0 Å². The van der Waals surface area contributed by atoms with Crippen LogP contribution in [0.2, 0.25) is 0 Å². The van der Waals surface area contributed by atoms with Gasteiger partial charge in [-0.15, -0.1) is 0 Å². The van der Waals surface area contributed by atoms with Gasteiger partial charge in [0.1, 0.15) is 0 Å². The summed E-state index contributed by atoms with van der Waals surface area (Å²) < 4.78 is 0. The molecule has 0 aromatic carbocycles. The normalized spacial score (nSPS) is 20.6. The molecule has 82 valence electrons. The maximum atomic E-state index is 4.63. The van der Waals surface area contributed by atoms with E-state index in [-0.39, 0.29) is 0 Å². The van der Waals surface area contributed by atoms with Gasteiger partial charge in [-0.05, 0) is 32.0 Å². The second-order valence-corrected chi connectivity index (χ2v) is 4.48. The smallest absolute Gasteiger partial charge is 0.0471 e. The monoisotopic (exact) mass is 205 g/mol. The Morgan fingerprint density at radius 3 is 2.80 bits per heavy atom. The van der Waals surface area contributed by atoms with E-state index in [4.69, 9.17) is 0 Å². The molecule has 0 radical (unpaired) electrons. The minimum Gasteiger partial charge on any atom is -0.378 e. The maximum Gasteiger partial charge on any atom is 0.0471 e. The lowest BCUT2D eigenvalue weighted by Crippen LogP contribution is -2.12. The van der Waals surface area contributed by atoms with E-state index in [1.54, 1.807) is 0 Å². The fourth-order valence-electron chi connectivity index (χ4n) is 2.05. The van der Waals surface area contributed by atoms with Crippen LogP contribution < -0.4 is 10.2 Å². The average Bonchev–Trinajstić information content (AvgIpc) is 2.69. The number of rotatable bonds is 2. The topological polar surface area (TPSA) is 28.2 Å². The van der Waals surface area contributed by atoms with E-state index >= 15 is 0 Å².